The maximum atomic E-state index is 13.8. The normalized spacial score (nSPS) is 11.1. The van der Waals surface area contributed by atoms with E-state index in [4.69, 9.17) is 23.2 Å². The molecule has 0 unspecified atom stereocenters. The van der Waals surface area contributed by atoms with Crippen LogP contribution in [-0.4, -0.2) is 14.8 Å². The number of carbonyl (C=O) groups is 1. The minimum absolute atomic E-state index is 0.178. The number of fused-ring (bicyclic) bond motifs is 1. The summed E-state index contributed by atoms with van der Waals surface area (Å²) in [5.74, 6) is -0.178. The molecule has 0 N–H and O–H groups in total. The van der Waals surface area contributed by atoms with Crippen LogP contribution in [0.4, 0.5) is 0 Å². The third-order valence-electron chi connectivity index (χ3n) is 5.33. The van der Waals surface area contributed by atoms with Crippen LogP contribution in [0.25, 0.3) is 22.3 Å². The van der Waals surface area contributed by atoms with Crippen molar-refractivity contribution in [1.82, 2.24) is 8.97 Å². The second-order valence-electron chi connectivity index (χ2n) is 7.28. The molecule has 156 valence electrons. The van der Waals surface area contributed by atoms with E-state index in [-0.39, 0.29) is 11.3 Å². The molecule has 5 aromatic rings. The van der Waals surface area contributed by atoms with Gasteiger partial charge in [-0.3, -0.25) is 14.2 Å². The van der Waals surface area contributed by atoms with Crippen molar-refractivity contribution < 1.29 is 4.79 Å². The minimum atomic E-state index is -0.190. The molecule has 0 saturated carbocycles. The summed E-state index contributed by atoms with van der Waals surface area (Å²) in [5, 5.41) is 1.14. The first kappa shape index (κ1) is 20.3. The Bertz CT molecular complexity index is 1510. The third-order valence-corrected chi connectivity index (χ3v) is 5.84. The Labute approximate surface area is 193 Å². The number of benzene rings is 2. The van der Waals surface area contributed by atoms with Gasteiger partial charge >= 0.3 is 0 Å². The van der Waals surface area contributed by atoms with Gasteiger partial charge in [0.05, 0.1) is 11.2 Å². The Morgan fingerprint density at radius 3 is 2.03 bits per heavy atom. The summed E-state index contributed by atoms with van der Waals surface area (Å²) < 4.78 is 3.40. The molecule has 0 amide bonds. The summed E-state index contributed by atoms with van der Waals surface area (Å²) in [5.41, 5.74) is 3.57. The molecule has 0 spiro atoms. The van der Waals surface area contributed by atoms with Gasteiger partial charge in [0, 0.05) is 39.6 Å². The largest absolute Gasteiger partial charge is 0.311 e. The molecular weight excluding hydrogens is 443 g/mol. The number of pyridine rings is 2. The molecule has 3 heterocycles. The molecule has 0 aliphatic heterocycles. The van der Waals surface area contributed by atoms with Gasteiger partial charge < -0.3 is 4.40 Å². The van der Waals surface area contributed by atoms with Crippen molar-refractivity contribution in [3.8, 4) is 16.8 Å². The zero-order chi connectivity index (χ0) is 22.2. The van der Waals surface area contributed by atoms with Crippen LogP contribution in [0.5, 0.6) is 0 Å². The predicted octanol–water partition coefficient (Wildman–Crippen LogP) is 6.30. The molecule has 32 heavy (non-hydrogen) atoms. The van der Waals surface area contributed by atoms with E-state index in [2.05, 4.69) is 0 Å². The zero-order valence-electron chi connectivity index (χ0n) is 16.7. The highest BCUT2D eigenvalue weighted by Gasteiger charge is 2.26. The lowest BCUT2D eigenvalue weighted by Gasteiger charge is -2.10. The van der Waals surface area contributed by atoms with Gasteiger partial charge in [0.25, 0.3) is 5.56 Å². The molecule has 0 aliphatic carbocycles. The van der Waals surface area contributed by atoms with E-state index in [0.29, 0.717) is 32.6 Å². The Hall–Kier alpha value is -3.60. The highest BCUT2D eigenvalue weighted by Crippen LogP contribution is 2.37. The predicted molar refractivity (Wildman–Crippen MR) is 128 cm³/mol. The van der Waals surface area contributed by atoms with E-state index in [0.717, 1.165) is 11.1 Å². The van der Waals surface area contributed by atoms with E-state index in [1.165, 1.54) is 6.07 Å². The Balaban J connectivity index is 1.91. The van der Waals surface area contributed by atoms with E-state index in [1.807, 2.05) is 40.9 Å². The van der Waals surface area contributed by atoms with Crippen LogP contribution in [-0.2, 0) is 0 Å². The number of aromatic nitrogens is 2. The number of rotatable bonds is 4. The van der Waals surface area contributed by atoms with Gasteiger partial charge in [-0.1, -0.05) is 47.5 Å². The zero-order valence-corrected chi connectivity index (χ0v) is 18.2. The average molecular weight is 459 g/mol. The van der Waals surface area contributed by atoms with Crippen LogP contribution in [0.3, 0.4) is 0 Å². The van der Waals surface area contributed by atoms with Crippen LogP contribution in [0.15, 0.2) is 102 Å². The molecule has 0 bridgehead atoms. The van der Waals surface area contributed by atoms with Crippen molar-refractivity contribution in [3.63, 3.8) is 0 Å². The summed E-state index contributed by atoms with van der Waals surface area (Å²) in [6, 6.07) is 24.7. The van der Waals surface area contributed by atoms with Crippen molar-refractivity contribution in [2.24, 2.45) is 0 Å². The SMILES string of the molecule is O=C(c1ccc(Cl)cc1)c1c(-c2ccc(Cl)cc2)c(-n2ccccc2=O)c2ccccn12. The summed E-state index contributed by atoms with van der Waals surface area (Å²) in [4.78, 5) is 26.6. The molecule has 6 heteroatoms. The standard InChI is InChI=1S/C26H16Cl2N2O2/c27-19-11-7-17(8-12-19)23-24(30-16-4-2-6-22(30)31)21-5-1-3-15-29(21)25(23)26(32)18-9-13-20(28)14-10-18/h1-16H. The maximum Gasteiger partial charge on any atom is 0.255 e. The lowest BCUT2D eigenvalue weighted by molar-refractivity contribution is 0.103. The summed E-state index contributed by atoms with van der Waals surface area (Å²) in [6.45, 7) is 0. The van der Waals surface area contributed by atoms with E-state index >= 15 is 0 Å². The summed E-state index contributed by atoms with van der Waals surface area (Å²) in [7, 11) is 0. The fourth-order valence-corrected chi connectivity index (χ4v) is 4.15. The molecule has 0 radical (unpaired) electrons. The van der Waals surface area contributed by atoms with Crippen molar-refractivity contribution >= 4 is 34.5 Å². The molecule has 0 atom stereocenters. The van der Waals surface area contributed by atoms with Gasteiger partial charge in [0.1, 0.15) is 5.69 Å². The van der Waals surface area contributed by atoms with Crippen molar-refractivity contribution in [1.29, 1.82) is 0 Å². The first-order chi connectivity index (χ1) is 15.5. The number of carbonyl (C=O) groups excluding carboxylic acids is 1. The van der Waals surface area contributed by atoms with Crippen LogP contribution < -0.4 is 5.56 Å². The van der Waals surface area contributed by atoms with Crippen LogP contribution in [0, 0.1) is 0 Å². The Morgan fingerprint density at radius 1 is 0.719 bits per heavy atom. The second kappa shape index (κ2) is 8.15. The number of hydrogen-bond donors (Lipinski definition) is 0. The Morgan fingerprint density at radius 2 is 1.34 bits per heavy atom. The van der Waals surface area contributed by atoms with Gasteiger partial charge in [0.2, 0.25) is 5.78 Å². The van der Waals surface area contributed by atoms with E-state index < -0.39 is 0 Å². The van der Waals surface area contributed by atoms with Gasteiger partial charge in [0.15, 0.2) is 0 Å². The van der Waals surface area contributed by atoms with Crippen LogP contribution >= 0.6 is 23.2 Å². The van der Waals surface area contributed by atoms with Crippen LogP contribution in [0.2, 0.25) is 10.0 Å². The highest BCUT2D eigenvalue weighted by atomic mass is 35.5. The van der Waals surface area contributed by atoms with Gasteiger partial charge in [-0.15, -0.1) is 0 Å². The van der Waals surface area contributed by atoms with Gasteiger partial charge in [-0.2, -0.15) is 0 Å². The molecule has 5 rings (SSSR count). The number of nitrogens with zero attached hydrogens (tertiary/aromatic N) is 2. The first-order valence-corrected chi connectivity index (χ1v) is 10.7. The lowest BCUT2D eigenvalue weighted by atomic mass is 9.98. The number of hydrogen-bond acceptors (Lipinski definition) is 2. The molecule has 0 saturated heterocycles. The second-order valence-corrected chi connectivity index (χ2v) is 8.15. The molecule has 0 aliphatic rings. The fraction of sp³-hybridized carbons (Fsp3) is 0. The smallest absolute Gasteiger partial charge is 0.255 e. The molecule has 4 nitrogen and oxygen atoms in total. The quantitative estimate of drug-likeness (QED) is 0.296. The highest BCUT2D eigenvalue weighted by molar-refractivity contribution is 6.31. The van der Waals surface area contributed by atoms with Crippen molar-refractivity contribution in [2.45, 2.75) is 0 Å². The van der Waals surface area contributed by atoms with Crippen LogP contribution in [0.1, 0.15) is 16.1 Å². The van der Waals surface area contributed by atoms with E-state index in [1.54, 1.807) is 59.3 Å². The lowest BCUT2D eigenvalue weighted by Crippen LogP contribution is -2.16. The minimum Gasteiger partial charge on any atom is -0.311 e. The van der Waals surface area contributed by atoms with Gasteiger partial charge in [-0.05, 0) is 60.2 Å². The molecule has 2 aromatic carbocycles. The fourth-order valence-electron chi connectivity index (χ4n) is 3.90. The first-order valence-electron chi connectivity index (χ1n) is 9.92. The van der Waals surface area contributed by atoms with Gasteiger partial charge in [-0.25, -0.2) is 0 Å². The topological polar surface area (TPSA) is 43.5 Å². The summed E-state index contributed by atoms with van der Waals surface area (Å²) in [6.07, 6.45) is 3.54. The molecular formula is C26H16Cl2N2O2. The van der Waals surface area contributed by atoms with E-state index in [9.17, 15) is 9.59 Å². The monoisotopic (exact) mass is 458 g/mol. The molecule has 3 aromatic heterocycles. The maximum absolute atomic E-state index is 13.8. The number of halogens is 2. The number of ketones is 1. The Kier molecular flexibility index (Phi) is 5.17. The average Bonchev–Trinajstić information content (AvgIpc) is 3.15. The van der Waals surface area contributed by atoms with Crippen molar-refractivity contribution in [3.05, 3.63) is 129 Å². The summed E-state index contributed by atoms with van der Waals surface area (Å²) >= 11 is 12.2. The third kappa shape index (κ3) is 3.44. The van der Waals surface area contributed by atoms with Crippen molar-refractivity contribution in [2.75, 3.05) is 0 Å². The molecule has 0 fully saturated rings.